The molecule has 0 heterocycles. The standard InChI is InChI=1S/C18H20ClFN2O4S/c1-4-26-17-8-6-14(9-11(17)2)27(24,25)22-12(3)18(23)21-13-5-7-16(20)15(19)10-13/h5-10,12,22H,4H2,1-3H3,(H,21,23)/t12-/m1/s1. The van der Waals surface area contributed by atoms with Gasteiger partial charge in [-0.15, -0.1) is 0 Å². The Balaban J connectivity index is 2.10. The highest BCUT2D eigenvalue weighted by Crippen LogP contribution is 2.22. The average Bonchev–Trinajstić information content (AvgIpc) is 2.59. The lowest BCUT2D eigenvalue weighted by molar-refractivity contribution is -0.117. The number of carbonyl (C=O) groups is 1. The number of ether oxygens (including phenoxy) is 1. The number of halogens is 2. The van der Waals surface area contributed by atoms with Crippen LogP contribution in [0.1, 0.15) is 19.4 Å². The second kappa shape index (κ2) is 8.69. The molecule has 0 aliphatic carbocycles. The van der Waals surface area contributed by atoms with Crippen molar-refractivity contribution in [1.82, 2.24) is 4.72 Å². The summed E-state index contributed by atoms with van der Waals surface area (Å²) >= 11 is 5.67. The zero-order valence-electron chi connectivity index (χ0n) is 15.0. The first-order chi connectivity index (χ1) is 12.6. The molecular formula is C18H20ClFN2O4S. The van der Waals surface area contributed by atoms with Crippen LogP contribution in [0.15, 0.2) is 41.3 Å². The van der Waals surface area contributed by atoms with Crippen molar-refractivity contribution in [2.24, 2.45) is 0 Å². The van der Waals surface area contributed by atoms with E-state index in [9.17, 15) is 17.6 Å². The molecule has 0 aliphatic rings. The fraction of sp³-hybridized carbons (Fsp3) is 0.278. The van der Waals surface area contributed by atoms with Gasteiger partial charge in [-0.3, -0.25) is 4.79 Å². The Morgan fingerprint density at radius 1 is 1.26 bits per heavy atom. The molecule has 0 radical (unpaired) electrons. The number of nitrogens with one attached hydrogen (secondary N) is 2. The maximum absolute atomic E-state index is 13.2. The van der Waals surface area contributed by atoms with Crippen LogP contribution in [0.2, 0.25) is 5.02 Å². The van der Waals surface area contributed by atoms with E-state index in [4.69, 9.17) is 16.3 Å². The van der Waals surface area contributed by atoms with Gasteiger partial charge in [0.25, 0.3) is 0 Å². The van der Waals surface area contributed by atoms with Crippen molar-refractivity contribution in [3.05, 3.63) is 52.8 Å². The number of carbonyl (C=O) groups excluding carboxylic acids is 1. The van der Waals surface area contributed by atoms with Crippen LogP contribution in [0.3, 0.4) is 0 Å². The Labute approximate surface area is 162 Å². The molecule has 0 bridgehead atoms. The van der Waals surface area contributed by atoms with E-state index in [1.807, 2.05) is 6.92 Å². The van der Waals surface area contributed by atoms with E-state index in [1.54, 1.807) is 13.0 Å². The monoisotopic (exact) mass is 414 g/mol. The molecule has 2 aromatic rings. The number of aryl methyl sites for hydroxylation is 1. The van der Waals surface area contributed by atoms with Crippen LogP contribution < -0.4 is 14.8 Å². The molecule has 9 heteroatoms. The maximum Gasteiger partial charge on any atom is 0.242 e. The first-order valence-electron chi connectivity index (χ1n) is 8.15. The highest BCUT2D eigenvalue weighted by molar-refractivity contribution is 7.89. The lowest BCUT2D eigenvalue weighted by atomic mass is 10.2. The molecule has 2 rings (SSSR count). The molecule has 1 atom stereocenters. The number of sulfonamides is 1. The van der Waals surface area contributed by atoms with Gasteiger partial charge in [0.2, 0.25) is 15.9 Å². The minimum atomic E-state index is -3.92. The molecule has 0 aromatic heterocycles. The minimum Gasteiger partial charge on any atom is -0.494 e. The van der Waals surface area contributed by atoms with Crippen LogP contribution in [0.4, 0.5) is 10.1 Å². The zero-order chi connectivity index (χ0) is 20.2. The molecule has 0 aliphatic heterocycles. The molecule has 146 valence electrons. The molecule has 0 fully saturated rings. The van der Waals surface area contributed by atoms with E-state index in [0.29, 0.717) is 17.9 Å². The highest BCUT2D eigenvalue weighted by atomic mass is 35.5. The number of anilines is 1. The number of hydrogen-bond donors (Lipinski definition) is 2. The van der Waals surface area contributed by atoms with E-state index in [1.165, 1.54) is 31.2 Å². The molecule has 1 amide bonds. The van der Waals surface area contributed by atoms with E-state index in [-0.39, 0.29) is 15.6 Å². The van der Waals surface area contributed by atoms with Crippen LogP contribution in [0.5, 0.6) is 5.75 Å². The summed E-state index contributed by atoms with van der Waals surface area (Å²) < 4.78 is 45.9. The molecule has 2 aromatic carbocycles. The average molecular weight is 415 g/mol. The summed E-state index contributed by atoms with van der Waals surface area (Å²) in [5.41, 5.74) is 0.923. The molecule has 6 nitrogen and oxygen atoms in total. The van der Waals surface area contributed by atoms with Crippen molar-refractivity contribution in [1.29, 1.82) is 0 Å². The van der Waals surface area contributed by atoms with E-state index >= 15 is 0 Å². The second-order valence-corrected chi connectivity index (χ2v) is 7.94. The molecular weight excluding hydrogens is 395 g/mol. The van der Waals surface area contributed by atoms with Crippen molar-refractivity contribution in [2.45, 2.75) is 31.7 Å². The lowest BCUT2D eigenvalue weighted by Gasteiger charge is -2.15. The number of benzene rings is 2. The fourth-order valence-corrected chi connectivity index (χ4v) is 3.75. The maximum atomic E-state index is 13.2. The largest absolute Gasteiger partial charge is 0.494 e. The minimum absolute atomic E-state index is 0.0212. The molecule has 2 N–H and O–H groups in total. The van der Waals surface area contributed by atoms with E-state index in [2.05, 4.69) is 10.0 Å². The number of rotatable bonds is 7. The van der Waals surface area contributed by atoms with Crippen LogP contribution in [-0.2, 0) is 14.8 Å². The summed E-state index contributed by atoms with van der Waals surface area (Å²) in [7, 11) is -3.92. The van der Waals surface area contributed by atoms with Crippen molar-refractivity contribution < 1.29 is 22.3 Å². The van der Waals surface area contributed by atoms with Gasteiger partial charge in [-0.05, 0) is 62.7 Å². The third-order valence-electron chi connectivity index (χ3n) is 3.67. The third-order valence-corrected chi connectivity index (χ3v) is 5.50. The second-order valence-electron chi connectivity index (χ2n) is 5.82. The van der Waals surface area contributed by atoms with Gasteiger partial charge in [-0.2, -0.15) is 4.72 Å². The van der Waals surface area contributed by atoms with Gasteiger partial charge >= 0.3 is 0 Å². The van der Waals surface area contributed by atoms with Gasteiger partial charge in [0.05, 0.1) is 22.6 Å². The summed E-state index contributed by atoms with van der Waals surface area (Å²) in [6, 6.07) is 7.06. The zero-order valence-corrected chi connectivity index (χ0v) is 16.6. The molecule has 0 saturated carbocycles. The van der Waals surface area contributed by atoms with Crippen molar-refractivity contribution in [3.63, 3.8) is 0 Å². The summed E-state index contributed by atoms with van der Waals surface area (Å²) in [5, 5.41) is 2.34. The molecule has 27 heavy (non-hydrogen) atoms. The van der Waals surface area contributed by atoms with Crippen LogP contribution in [0, 0.1) is 12.7 Å². The molecule has 0 saturated heterocycles. The van der Waals surface area contributed by atoms with Crippen LogP contribution in [-0.4, -0.2) is 27.0 Å². The normalized spacial score (nSPS) is 12.5. The van der Waals surface area contributed by atoms with Crippen molar-refractivity contribution in [3.8, 4) is 5.75 Å². The Morgan fingerprint density at radius 2 is 1.96 bits per heavy atom. The van der Waals surface area contributed by atoms with Gasteiger partial charge in [0, 0.05) is 5.69 Å². The predicted octanol–water partition coefficient (Wildman–Crippen LogP) is 3.49. The van der Waals surface area contributed by atoms with Gasteiger partial charge in [-0.25, -0.2) is 12.8 Å². The van der Waals surface area contributed by atoms with Crippen molar-refractivity contribution in [2.75, 3.05) is 11.9 Å². The number of hydrogen-bond acceptors (Lipinski definition) is 4. The fourth-order valence-electron chi connectivity index (χ4n) is 2.29. The number of amides is 1. The summed E-state index contributed by atoms with van der Waals surface area (Å²) in [6.45, 7) is 5.44. The lowest BCUT2D eigenvalue weighted by Crippen LogP contribution is -2.41. The quantitative estimate of drug-likeness (QED) is 0.726. The molecule has 0 unspecified atom stereocenters. The first-order valence-corrected chi connectivity index (χ1v) is 10.0. The van der Waals surface area contributed by atoms with E-state index in [0.717, 1.165) is 6.07 Å². The Kier molecular flexibility index (Phi) is 6.80. The highest BCUT2D eigenvalue weighted by Gasteiger charge is 2.23. The van der Waals surface area contributed by atoms with Crippen LogP contribution >= 0.6 is 11.6 Å². The predicted molar refractivity (Wildman–Crippen MR) is 102 cm³/mol. The van der Waals surface area contributed by atoms with Gasteiger partial charge in [0.15, 0.2) is 0 Å². The van der Waals surface area contributed by atoms with Gasteiger partial charge in [0.1, 0.15) is 11.6 Å². The summed E-state index contributed by atoms with van der Waals surface area (Å²) in [4.78, 5) is 12.3. The van der Waals surface area contributed by atoms with Crippen LogP contribution in [0.25, 0.3) is 0 Å². The summed E-state index contributed by atoms with van der Waals surface area (Å²) in [6.07, 6.45) is 0. The SMILES string of the molecule is CCOc1ccc(S(=O)(=O)N[C@H](C)C(=O)Nc2ccc(F)c(Cl)c2)cc1C. The van der Waals surface area contributed by atoms with E-state index < -0.39 is 27.8 Å². The van der Waals surface area contributed by atoms with Crippen molar-refractivity contribution >= 4 is 33.2 Å². The smallest absolute Gasteiger partial charge is 0.242 e. The van der Waals surface area contributed by atoms with Gasteiger partial charge in [-0.1, -0.05) is 11.6 Å². The molecule has 0 spiro atoms. The van der Waals surface area contributed by atoms with Gasteiger partial charge < -0.3 is 10.1 Å². The Bertz CT molecular complexity index is 950. The Hall–Kier alpha value is -2.16. The third kappa shape index (κ3) is 5.41. The Morgan fingerprint density at radius 3 is 2.56 bits per heavy atom. The topological polar surface area (TPSA) is 84.5 Å². The summed E-state index contributed by atoms with van der Waals surface area (Å²) in [5.74, 6) is -0.631. The first kappa shape index (κ1) is 21.1.